The van der Waals surface area contributed by atoms with Gasteiger partial charge in [-0.05, 0) is 42.5 Å². The molecular weight excluding hydrogens is 489 g/mol. The van der Waals surface area contributed by atoms with Crippen molar-refractivity contribution in [2.45, 2.75) is 11.1 Å². The van der Waals surface area contributed by atoms with Crippen LogP contribution >= 0.6 is 11.7 Å². The van der Waals surface area contributed by atoms with Crippen LogP contribution in [0.3, 0.4) is 0 Å². The molecule has 3 aromatic carbocycles. The van der Waals surface area contributed by atoms with Crippen LogP contribution in [0.2, 0.25) is 0 Å². The smallest absolute Gasteiger partial charge is 0.337 e. The zero-order chi connectivity index (χ0) is 23.9. The van der Waals surface area contributed by atoms with Gasteiger partial charge in [0.1, 0.15) is 15.9 Å². The summed E-state index contributed by atoms with van der Waals surface area (Å²) >= 11 is 0.875. The fourth-order valence-electron chi connectivity index (χ4n) is 3.25. The molecule has 172 valence electrons. The lowest BCUT2D eigenvalue weighted by molar-refractivity contribution is -0.137. The highest BCUT2D eigenvalue weighted by Gasteiger charge is 2.30. The van der Waals surface area contributed by atoms with Crippen molar-refractivity contribution >= 4 is 61.1 Å². The summed E-state index contributed by atoms with van der Waals surface area (Å²) in [5, 5.41) is 2.76. The average molecular weight is 503 g/mol. The first-order chi connectivity index (χ1) is 16.2. The van der Waals surface area contributed by atoms with Crippen molar-refractivity contribution in [3.05, 3.63) is 72.3 Å². The number of alkyl halides is 3. The second-order valence-electron chi connectivity index (χ2n) is 7.11. The summed E-state index contributed by atoms with van der Waals surface area (Å²) in [4.78, 5) is 8.62. The first-order valence-corrected chi connectivity index (χ1v) is 11.9. The van der Waals surface area contributed by atoms with Crippen molar-refractivity contribution in [3.63, 3.8) is 0 Å². The molecule has 0 saturated heterocycles. The lowest BCUT2D eigenvalue weighted by atomic mass is 10.2. The Morgan fingerprint density at radius 2 is 1.47 bits per heavy atom. The number of nitrogens with zero attached hydrogens (tertiary/aromatic N) is 4. The summed E-state index contributed by atoms with van der Waals surface area (Å²) in [7, 11) is -4.19. The number of hydrogen-bond donors (Lipinski definition) is 2. The number of fused-ring (bicyclic) bond motifs is 2. The Bertz CT molecular complexity index is 1640. The van der Waals surface area contributed by atoms with Crippen molar-refractivity contribution in [1.82, 2.24) is 18.7 Å². The van der Waals surface area contributed by atoms with E-state index in [9.17, 15) is 21.6 Å². The van der Waals surface area contributed by atoms with E-state index in [1.165, 1.54) is 24.3 Å². The predicted octanol–water partition coefficient (Wildman–Crippen LogP) is 5.20. The number of benzene rings is 3. The van der Waals surface area contributed by atoms with E-state index in [0.717, 1.165) is 23.9 Å². The van der Waals surface area contributed by atoms with Gasteiger partial charge < -0.3 is 5.32 Å². The fourth-order valence-corrected chi connectivity index (χ4v) is 5.03. The lowest BCUT2D eigenvalue weighted by Crippen LogP contribution is -2.16. The zero-order valence-corrected chi connectivity index (χ0v) is 18.5. The number of sulfonamides is 1. The Morgan fingerprint density at radius 3 is 2.21 bits per heavy atom. The van der Waals surface area contributed by atoms with Gasteiger partial charge in [0, 0.05) is 5.69 Å². The summed E-state index contributed by atoms with van der Waals surface area (Å²) in [5.41, 5.74) is 0.622. The van der Waals surface area contributed by atoms with E-state index in [2.05, 4.69) is 28.8 Å². The van der Waals surface area contributed by atoms with Crippen molar-refractivity contribution < 1.29 is 21.6 Å². The van der Waals surface area contributed by atoms with Gasteiger partial charge in [-0.1, -0.05) is 24.3 Å². The van der Waals surface area contributed by atoms with Gasteiger partial charge in [-0.3, -0.25) is 4.72 Å². The molecule has 0 bridgehead atoms. The van der Waals surface area contributed by atoms with Crippen LogP contribution in [0.25, 0.3) is 22.1 Å². The third-order valence-electron chi connectivity index (χ3n) is 4.79. The summed E-state index contributed by atoms with van der Waals surface area (Å²) in [6.45, 7) is 0. The van der Waals surface area contributed by atoms with E-state index in [0.29, 0.717) is 16.6 Å². The van der Waals surface area contributed by atoms with Crippen LogP contribution in [-0.2, 0) is 16.2 Å². The molecule has 8 nitrogen and oxygen atoms in total. The van der Waals surface area contributed by atoms with Crippen LogP contribution < -0.4 is 10.0 Å². The molecule has 0 aliphatic heterocycles. The van der Waals surface area contributed by atoms with Gasteiger partial charge >= 0.3 is 6.18 Å². The van der Waals surface area contributed by atoms with Gasteiger partial charge in [0.15, 0.2) is 11.6 Å². The van der Waals surface area contributed by atoms with Gasteiger partial charge in [0.25, 0.3) is 10.0 Å². The minimum atomic E-state index is -4.54. The molecule has 5 rings (SSSR count). The second kappa shape index (κ2) is 8.18. The maximum absolute atomic E-state index is 13.2. The molecule has 34 heavy (non-hydrogen) atoms. The topological polar surface area (TPSA) is 110 Å². The van der Waals surface area contributed by atoms with Gasteiger partial charge in [-0.15, -0.1) is 0 Å². The Balaban J connectivity index is 1.59. The van der Waals surface area contributed by atoms with Crippen molar-refractivity contribution in [1.29, 1.82) is 0 Å². The first-order valence-electron chi connectivity index (χ1n) is 9.66. The van der Waals surface area contributed by atoms with Crippen LogP contribution in [0.4, 0.5) is 30.5 Å². The van der Waals surface area contributed by atoms with Gasteiger partial charge in [-0.25, -0.2) is 18.4 Å². The number of halogens is 3. The third-order valence-corrected chi connectivity index (χ3v) is 6.71. The molecule has 0 amide bonds. The highest BCUT2D eigenvalue weighted by Crippen LogP contribution is 2.33. The number of rotatable bonds is 5. The summed E-state index contributed by atoms with van der Waals surface area (Å²) in [5.74, 6) is -0.249. The molecule has 2 aromatic heterocycles. The molecular formula is C21H13F3N6O2S2. The van der Waals surface area contributed by atoms with Crippen LogP contribution in [0, 0.1) is 0 Å². The van der Waals surface area contributed by atoms with E-state index >= 15 is 0 Å². The Kier molecular flexibility index (Phi) is 5.29. The standard InChI is InChI=1S/C21H13F3N6O2S2/c22-21(23,24)12-5-3-6-13(11-12)25-19-20(27-15-8-2-1-7-14(15)26-19)30-34(31,32)17-10-4-9-16-18(17)29-33-28-16/h1-11H,(H,25,26)(H,27,30). The number of nitrogens with one attached hydrogen (secondary N) is 2. The molecule has 0 aliphatic carbocycles. The number of para-hydroxylation sites is 2. The van der Waals surface area contributed by atoms with Gasteiger partial charge in [-0.2, -0.15) is 21.9 Å². The minimum Gasteiger partial charge on any atom is -0.337 e. The molecule has 2 N–H and O–H groups in total. The largest absolute Gasteiger partial charge is 0.416 e. The maximum atomic E-state index is 13.2. The normalized spacial score (nSPS) is 12.2. The molecule has 0 radical (unpaired) electrons. The van der Waals surface area contributed by atoms with E-state index in [-0.39, 0.29) is 27.7 Å². The molecule has 0 saturated carbocycles. The fraction of sp³-hybridized carbons (Fsp3) is 0.0476. The summed E-state index contributed by atoms with van der Waals surface area (Å²) in [6, 6.07) is 15.7. The van der Waals surface area contributed by atoms with E-state index in [4.69, 9.17) is 0 Å². The Morgan fingerprint density at radius 1 is 0.794 bits per heavy atom. The zero-order valence-electron chi connectivity index (χ0n) is 16.9. The van der Waals surface area contributed by atoms with E-state index < -0.39 is 21.8 Å². The highest BCUT2D eigenvalue weighted by molar-refractivity contribution is 7.93. The molecule has 0 spiro atoms. The highest BCUT2D eigenvalue weighted by atomic mass is 32.2. The quantitative estimate of drug-likeness (QED) is 0.340. The Labute approximate surface area is 194 Å². The molecule has 0 atom stereocenters. The number of anilines is 3. The molecule has 0 fully saturated rings. The predicted molar refractivity (Wildman–Crippen MR) is 122 cm³/mol. The molecule has 2 heterocycles. The maximum Gasteiger partial charge on any atom is 0.416 e. The number of aromatic nitrogens is 4. The summed E-state index contributed by atoms with van der Waals surface area (Å²) < 4.78 is 76.4. The van der Waals surface area contributed by atoms with E-state index in [1.54, 1.807) is 30.3 Å². The Hall–Kier alpha value is -3.84. The first kappa shape index (κ1) is 22.0. The SMILES string of the molecule is O=S(=O)(Nc1nc2ccccc2nc1Nc1cccc(C(F)(F)F)c1)c1cccc2nsnc12. The van der Waals surface area contributed by atoms with Crippen molar-refractivity contribution in [2.75, 3.05) is 10.0 Å². The lowest BCUT2D eigenvalue weighted by Gasteiger charge is -2.15. The van der Waals surface area contributed by atoms with Crippen LogP contribution in [0.5, 0.6) is 0 Å². The monoisotopic (exact) mass is 502 g/mol. The molecule has 5 aromatic rings. The van der Waals surface area contributed by atoms with Crippen LogP contribution in [-0.4, -0.2) is 27.1 Å². The second-order valence-corrected chi connectivity index (χ2v) is 9.29. The van der Waals surface area contributed by atoms with Crippen molar-refractivity contribution in [3.8, 4) is 0 Å². The summed E-state index contributed by atoms with van der Waals surface area (Å²) in [6.07, 6.45) is -4.54. The average Bonchev–Trinajstić information content (AvgIpc) is 3.28. The number of hydrogen-bond acceptors (Lipinski definition) is 8. The van der Waals surface area contributed by atoms with Crippen molar-refractivity contribution in [2.24, 2.45) is 0 Å². The van der Waals surface area contributed by atoms with Gasteiger partial charge in [0.2, 0.25) is 0 Å². The third kappa shape index (κ3) is 4.22. The molecule has 13 heteroatoms. The van der Waals surface area contributed by atoms with Gasteiger partial charge in [0.05, 0.1) is 28.3 Å². The minimum absolute atomic E-state index is 0.0608. The molecule has 0 unspecified atom stereocenters. The van der Waals surface area contributed by atoms with Crippen LogP contribution in [0.1, 0.15) is 5.56 Å². The molecule has 0 aliphatic rings. The van der Waals surface area contributed by atoms with E-state index in [1.807, 2.05) is 0 Å². The van der Waals surface area contributed by atoms with Crippen LogP contribution in [0.15, 0.2) is 71.6 Å².